The Morgan fingerprint density at radius 2 is 1.92 bits per heavy atom. The monoisotopic (exact) mass is 358 g/mol. The number of likely N-dealkylation sites (tertiary alicyclic amines) is 1. The van der Waals surface area contributed by atoms with E-state index in [1.165, 1.54) is 37.7 Å². The van der Waals surface area contributed by atoms with Gasteiger partial charge in [0.05, 0.1) is 12.6 Å². The van der Waals surface area contributed by atoms with Crippen LogP contribution in [0.5, 0.6) is 0 Å². The highest BCUT2D eigenvalue weighted by Gasteiger charge is 2.32. The summed E-state index contributed by atoms with van der Waals surface area (Å²) in [6, 6.07) is 10.1. The van der Waals surface area contributed by atoms with Crippen molar-refractivity contribution in [1.82, 2.24) is 10.2 Å². The Hall–Kier alpha value is -1.23. The molecule has 4 nitrogen and oxygen atoms in total. The first-order valence-corrected chi connectivity index (χ1v) is 10.3. The standard InChI is InChI=1S/C22H34N2O2/c1-17(25)14-23-21(13-18-7-3-2-4-8-18)22(26)16-24-12-11-19-9-5-6-10-20(19)15-24/h2-4,7-8,19-23,26H,5-6,9-16H2,1H3/t19-,20+,21-,22+/m0/s1. The number of hydrogen-bond acceptors (Lipinski definition) is 4. The van der Waals surface area contributed by atoms with Gasteiger partial charge in [0.1, 0.15) is 5.78 Å². The molecule has 2 N–H and O–H groups in total. The van der Waals surface area contributed by atoms with Gasteiger partial charge in [0, 0.05) is 19.1 Å². The van der Waals surface area contributed by atoms with Crippen LogP contribution in [0.3, 0.4) is 0 Å². The zero-order chi connectivity index (χ0) is 18.4. The lowest BCUT2D eigenvalue weighted by molar-refractivity contribution is -0.116. The molecule has 0 unspecified atom stereocenters. The van der Waals surface area contributed by atoms with Crippen molar-refractivity contribution in [3.63, 3.8) is 0 Å². The van der Waals surface area contributed by atoms with Gasteiger partial charge in [-0.1, -0.05) is 49.6 Å². The molecule has 1 aliphatic heterocycles. The summed E-state index contributed by atoms with van der Waals surface area (Å²) in [7, 11) is 0. The van der Waals surface area contributed by atoms with E-state index < -0.39 is 6.10 Å². The van der Waals surface area contributed by atoms with Gasteiger partial charge in [0.25, 0.3) is 0 Å². The minimum Gasteiger partial charge on any atom is -0.390 e. The van der Waals surface area contributed by atoms with Crippen molar-refractivity contribution in [3.8, 4) is 0 Å². The van der Waals surface area contributed by atoms with Crippen LogP contribution in [-0.4, -0.2) is 54.1 Å². The molecule has 0 amide bonds. The van der Waals surface area contributed by atoms with E-state index in [0.717, 1.165) is 31.3 Å². The number of benzene rings is 1. The molecule has 1 aromatic rings. The van der Waals surface area contributed by atoms with Gasteiger partial charge < -0.3 is 15.3 Å². The average molecular weight is 359 g/mol. The van der Waals surface area contributed by atoms with Gasteiger partial charge in [-0.25, -0.2) is 0 Å². The Kier molecular flexibility index (Phi) is 7.23. The van der Waals surface area contributed by atoms with Crippen molar-refractivity contribution in [1.29, 1.82) is 0 Å². The first-order chi connectivity index (χ1) is 12.6. The number of ketones is 1. The number of nitrogens with one attached hydrogen (secondary N) is 1. The second-order valence-corrected chi connectivity index (χ2v) is 8.30. The number of β-amino-alcohol motifs (C(OH)–C–C–N with tert-alkyl or cyclic N) is 1. The number of aliphatic hydroxyl groups excluding tert-OH is 1. The third-order valence-corrected chi connectivity index (χ3v) is 6.20. The van der Waals surface area contributed by atoms with E-state index in [-0.39, 0.29) is 11.8 Å². The van der Waals surface area contributed by atoms with Crippen molar-refractivity contribution in [2.24, 2.45) is 11.8 Å². The highest BCUT2D eigenvalue weighted by molar-refractivity contribution is 5.77. The number of carbonyl (C=O) groups excluding carboxylic acids is 1. The Bertz CT molecular complexity index is 563. The van der Waals surface area contributed by atoms with E-state index in [4.69, 9.17) is 0 Å². The van der Waals surface area contributed by atoms with Crippen LogP contribution in [0, 0.1) is 11.8 Å². The number of fused-ring (bicyclic) bond motifs is 1. The fourth-order valence-corrected chi connectivity index (χ4v) is 4.72. The van der Waals surface area contributed by atoms with E-state index in [2.05, 4.69) is 22.3 Å². The third kappa shape index (κ3) is 5.63. The van der Waals surface area contributed by atoms with Crippen molar-refractivity contribution in [2.45, 2.75) is 57.6 Å². The smallest absolute Gasteiger partial charge is 0.143 e. The quantitative estimate of drug-likeness (QED) is 0.750. The topological polar surface area (TPSA) is 52.6 Å². The molecule has 0 spiro atoms. The maximum atomic E-state index is 11.4. The molecule has 4 heteroatoms. The summed E-state index contributed by atoms with van der Waals surface area (Å²) in [5, 5.41) is 14.2. The largest absolute Gasteiger partial charge is 0.390 e. The third-order valence-electron chi connectivity index (χ3n) is 6.20. The Balaban J connectivity index is 1.57. The van der Waals surface area contributed by atoms with Crippen LogP contribution in [-0.2, 0) is 11.2 Å². The second kappa shape index (κ2) is 9.63. The molecule has 1 aliphatic carbocycles. The number of carbonyl (C=O) groups is 1. The maximum absolute atomic E-state index is 11.4. The summed E-state index contributed by atoms with van der Waals surface area (Å²) < 4.78 is 0. The number of aliphatic hydroxyl groups is 1. The minimum absolute atomic E-state index is 0.0922. The Morgan fingerprint density at radius 1 is 1.19 bits per heavy atom. The molecule has 144 valence electrons. The molecule has 1 aromatic carbocycles. The van der Waals surface area contributed by atoms with E-state index in [0.29, 0.717) is 13.1 Å². The summed E-state index contributed by atoms with van der Waals surface area (Å²) in [6.07, 6.45) is 7.09. The molecule has 4 atom stereocenters. The van der Waals surface area contributed by atoms with Gasteiger partial charge >= 0.3 is 0 Å². The Labute approximate surface area is 158 Å². The number of Topliss-reactive ketones (excluding diaryl/α,β-unsaturated/α-hetero) is 1. The lowest BCUT2D eigenvalue weighted by atomic mass is 9.75. The van der Waals surface area contributed by atoms with Crippen LogP contribution in [0.15, 0.2) is 30.3 Å². The van der Waals surface area contributed by atoms with Gasteiger partial charge in [0.15, 0.2) is 0 Å². The molecular weight excluding hydrogens is 324 g/mol. The lowest BCUT2D eigenvalue weighted by Crippen LogP contribution is -2.51. The van der Waals surface area contributed by atoms with Crippen molar-refractivity contribution in [3.05, 3.63) is 35.9 Å². The summed E-state index contributed by atoms with van der Waals surface area (Å²) in [6.45, 7) is 4.84. The van der Waals surface area contributed by atoms with Crippen LogP contribution in [0.1, 0.15) is 44.6 Å². The van der Waals surface area contributed by atoms with Gasteiger partial charge in [-0.15, -0.1) is 0 Å². The molecule has 0 radical (unpaired) electrons. The van der Waals surface area contributed by atoms with Gasteiger partial charge in [-0.3, -0.25) is 4.79 Å². The zero-order valence-electron chi connectivity index (χ0n) is 16.1. The van der Waals surface area contributed by atoms with Crippen LogP contribution in [0.4, 0.5) is 0 Å². The van der Waals surface area contributed by atoms with E-state index in [1.54, 1.807) is 6.92 Å². The summed E-state index contributed by atoms with van der Waals surface area (Å²) in [5.74, 6) is 1.84. The number of piperidine rings is 1. The fourth-order valence-electron chi connectivity index (χ4n) is 4.72. The van der Waals surface area contributed by atoms with Gasteiger partial charge in [-0.05, 0) is 50.1 Å². The molecular formula is C22H34N2O2. The fraction of sp³-hybridized carbons (Fsp3) is 0.682. The van der Waals surface area contributed by atoms with E-state index >= 15 is 0 Å². The van der Waals surface area contributed by atoms with Crippen molar-refractivity contribution in [2.75, 3.05) is 26.2 Å². The predicted octanol–water partition coefficient (Wildman–Crippen LogP) is 2.65. The van der Waals surface area contributed by atoms with Crippen molar-refractivity contribution < 1.29 is 9.90 Å². The molecule has 0 aromatic heterocycles. The zero-order valence-corrected chi connectivity index (χ0v) is 16.1. The molecule has 1 saturated carbocycles. The summed E-state index contributed by atoms with van der Waals surface area (Å²) >= 11 is 0. The molecule has 2 aliphatic rings. The minimum atomic E-state index is -0.463. The van der Waals surface area contributed by atoms with E-state index in [1.807, 2.05) is 18.2 Å². The average Bonchev–Trinajstić information content (AvgIpc) is 2.65. The van der Waals surface area contributed by atoms with E-state index in [9.17, 15) is 9.90 Å². The number of rotatable bonds is 8. The van der Waals surface area contributed by atoms with Gasteiger partial charge in [-0.2, -0.15) is 0 Å². The second-order valence-electron chi connectivity index (χ2n) is 8.30. The highest BCUT2D eigenvalue weighted by atomic mass is 16.3. The molecule has 0 bridgehead atoms. The summed E-state index contributed by atoms with van der Waals surface area (Å²) in [5.41, 5.74) is 1.19. The Morgan fingerprint density at radius 3 is 2.65 bits per heavy atom. The van der Waals surface area contributed by atoms with Crippen LogP contribution in [0.25, 0.3) is 0 Å². The first-order valence-electron chi connectivity index (χ1n) is 10.3. The molecule has 2 fully saturated rings. The SMILES string of the molecule is CC(=O)CN[C@@H](Cc1ccccc1)[C@H](O)CN1CC[C@@H]2CCCC[C@@H]2C1. The van der Waals surface area contributed by atoms with Crippen molar-refractivity contribution >= 4 is 5.78 Å². The summed E-state index contributed by atoms with van der Waals surface area (Å²) in [4.78, 5) is 13.9. The predicted molar refractivity (Wildman–Crippen MR) is 105 cm³/mol. The van der Waals surface area contributed by atoms with Crippen LogP contribution >= 0.6 is 0 Å². The molecule has 26 heavy (non-hydrogen) atoms. The van der Waals surface area contributed by atoms with Crippen LogP contribution < -0.4 is 5.32 Å². The highest BCUT2D eigenvalue weighted by Crippen LogP contribution is 2.36. The normalized spacial score (nSPS) is 26.1. The maximum Gasteiger partial charge on any atom is 0.143 e. The van der Waals surface area contributed by atoms with Crippen LogP contribution in [0.2, 0.25) is 0 Å². The number of nitrogens with zero attached hydrogens (tertiary/aromatic N) is 1. The first kappa shape index (κ1) is 19.5. The lowest BCUT2D eigenvalue weighted by Gasteiger charge is -2.42. The number of hydrogen-bond donors (Lipinski definition) is 2. The van der Waals surface area contributed by atoms with Gasteiger partial charge in [0.2, 0.25) is 0 Å². The molecule has 1 saturated heterocycles. The molecule has 1 heterocycles. The molecule has 3 rings (SSSR count).